The Bertz CT molecular complexity index is 416. The molecule has 20 heavy (non-hydrogen) atoms. The fourth-order valence-corrected chi connectivity index (χ4v) is 3.76. The van der Waals surface area contributed by atoms with Crippen molar-refractivity contribution in [2.45, 2.75) is 37.4 Å². The highest BCUT2D eigenvalue weighted by Crippen LogP contribution is 2.42. The number of carboxylic acid groups (broad SMARTS) is 1. The van der Waals surface area contributed by atoms with Crippen LogP contribution in [0, 0.1) is 5.92 Å². The number of rotatable bonds is 2. The zero-order chi connectivity index (χ0) is 14.3. The summed E-state index contributed by atoms with van der Waals surface area (Å²) in [6, 6.07) is -0.605. The van der Waals surface area contributed by atoms with Gasteiger partial charge in [0, 0.05) is 18.6 Å². The lowest BCUT2D eigenvalue weighted by Gasteiger charge is -2.38. The fourth-order valence-electron chi connectivity index (χ4n) is 3.76. The molecular formula is C13H20N2O5. The maximum absolute atomic E-state index is 12.7. The van der Waals surface area contributed by atoms with E-state index in [-0.39, 0.29) is 30.8 Å². The van der Waals surface area contributed by atoms with Crippen molar-refractivity contribution >= 4 is 12.0 Å². The third kappa shape index (κ3) is 2.05. The number of hydrogen-bond acceptors (Lipinski definition) is 4. The third-order valence-corrected chi connectivity index (χ3v) is 4.76. The molecule has 0 radical (unpaired) electrons. The Hall–Kier alpha value is -1.34. The second-order valence-electron chi connectivity index (χ2n) is 5.77. The quantitative estimate of drug-likeness (QED) is 0.729. The van der Waals surface area contributed by atoms with E-state index in [2.05, 4.69) is 0 Å². The van der Waals surface area contributed by atoms with Crippen molar-refractivity contribution in [1.82, 2.24) is 9.80 Å². The first kappa shape index (κ1) is 13.6. The Morgan fingerprint density at radius 3 is 2.75 bits per heavy atom. The number of morpholine rings is 1. The molecule has 0 spiro atoms. The van der Waals surface area contributed by atoms with E-state index in [0.29, 0.717) is 26.2 Å². The summed E-state index contributed by atoms with van der Waals surface area (Å²) in [5.41, 5.74) is 0. The number of aliphatic hydroxyl groups is 1. The van der Waals surface area contributed by atoms with Gasteiger partial charge in [-0.25, -0.2) is 4.79 Å². The van der Waals surface area contributed by atoms with Gasteiger partial charge in [-0.05, 0) is 19.3 Å². The van der Waals surface area contributed by atoms with Crippen LogP contribution in [0.4, 0.5) is 4.79 Å². The van der Waals surface area contributed by atoms with Gasteiger partial charge in [-0.3, -0.25) is 4.79 Å². The van der Waals surface area contributed by atoms with Crippen molar-refractivity contribution in [2.75, 3.05) is 26.4 Å². The average molecular weight is 284 g/mol. The van der Waals surface area contributed by atoms with Crippen LogP contribution in [-0.4, -0.2) is 76.5 Å². The molecule has 3 heterocycles. The summed E-state index contributed by atoms with van der Waals surface area (Å²) in [6.45, 7) is 1.14. The van der Waals surface area contributed by atoms with Crippen LogP contribution in [0.1, 0.15) is 19.3 Å². The molecule has 4 unspecified atom stereocenters. The number of amides is 2. The largest absolute Gasteiger partial charge is 0.481 e. The van der Waals surface area contributed by atoms with E-state index in [4.69, 9.17) is 4.74 Å². The van der Waals surface area contributed by atoms with Gasteiger partial charge in [0.05, 0.1) is 31.8 Å². The van der Waals surface area contributed by atoms with Gasteiger partial charge in [0.2, 0.25) is 0 Å². The molecule has 3 aliphatic heterocycles. The van der Waals surface area contributed by atoms with Crippen LogP contribution in [0.3, 0.4) is 0 Å². The van der Waals surface area contributed by atoms with Crippen LogP contribution in [0.15, 0.2) is 0 Å². The van der Waals surface area contributed by atoms with E-state index in [0.717, 1.165) is 12.8 Å². The normalized spacial score (nSPS) is 36.5. The zero-order valence-electron chi connectivity index (χ0n) is 11.3. The van der Waals surface area contributed by atoms with Gasteiger partial charge in [-0.2, -0.15) is 0 Å². The number of carboxylic acids is 1. The van der Waals surface area contributed by atoms with Crippen molar-refractivity contribution in [3.63, 3.8) is 0 Å². The standard InChI is InChI=1S/C13H20N2O5/c16-6-9-7-20-4-3-14(9)13(19)15-8-1-2-11(15)10(5-8)12(17)18/h8-11,16H,1-7H2,(H,17,18). The predicted molar refractivity (Wildman–Crippen MR) is 68.2 cm³/mol. The summed E-state index contributed by atoms with van der Waals surface area (Å²) in [7, 11) is 0. The maximum atomic E-state index is 12.7. The van der Waals surface area contributed by atoms with Crippen LogP contribution in [0.25, 0.3) is 0 Å². The summed E-state index contributed by atoms with van der Waals surface area (Å²) in [5.74, 6) is -1.25. The maximum Gasteiger partial charge on any atom is 0.321 e. The molecule has 0 aliphatic carbocycles. The molecule has 2 amide bonds. The van der Waals surface area contributed by atoms with Crippen molar-refractivity contribution < 1.29 is 24.5 Å². The highest BCUT2D eigenvalue weighted by atomic mass is 16.5. The Balaban J connectivity index is 1.76. The van der Waals surface area contributed by atoms with E-state index in [1.807, 2.05) is 0 Å². The molecule has 3 aliphatic rings. The van der Waals surface area contributed by atoms with Crippen molar-refractivity contribution in [2.24, 2.45) is 5.92 Å². The molecule has 3 rings (SSSR count). The lowest BCUT2D eigenvalue weighted by Crippen LogP contribution is -2.56. The van der Waals surface area contributed by atoms with Gasteiger partial charge in [0.25, 0.3) is 0 Å². The van der Waals surface area contributed by atoms with Gasteiger partial charge in [-0.15, -0.1) is 0 Å². The molecule has 0 aromatic rings. The zero-order valence-corrected chi connectivity index (χ0v) is 11.3. The molecule has 0 saturated carbocycles. The van der Waals surface area contributed by atoms with E-state index in [1.165, 1.54) is 0 Å². The van der Waals surface area contributed by atoms with Crippen molar-refractivity contribution in [3.8, 4) is 0 Å². The number of ether oxygens (including phenoxy) is 1. The van der Waals surface area contributed by atoms with Gasteiger partial charge >= 0.3 is 12.0 Å². The molecular weight excluding hydrogens is 264 g/mol. The van der Waals surface area contributed by atoms with Crippen molar-refractivity contribution in [1.29, 1.82) is 0 Å². The predicted octanol–water partition coefficient (Wildman–Crippen LogP) is -0.263. The Morgan fingerprint density at radius 1 is 1.30 bits per heavy atom. The number of hydrogen-bond donors (Lipinski definition) is 2. The third-order valence-electron chi connectivity index (χ3n) is 4.76. The number of aliphatic carboxylic acids is 1. The van der Waals surface area contributed by atoms with E-state index >= 15 is 0 Å². The number of carbonyl (C=O) groups excluding carboxylic acids is 1. The Labute approximate surface area is 117 Å². The fraction of sp³-hybridized carbons (Fsp3) is 0.846. The minimum absolute atomic E-state index is 0.0378. The molecule has 3 fully saturated rings. The average Bonchev–Trinajstić information content (AvgIpc) is 3.04. The first-order valence-electron chi connectivity index (χ1n) is 7.13. The van der Waals surface area contributed by atoms with E-state index < -0.39 is 11.9 Å². The number of fused-ring (bicyclic) bond motifs is 2. The van der Waals surface area contributed by atoms with Crippen LogP contribution in [0.2, 0.25) is 0 Å². The highest BCUT2D eigenvalue weighted by molar-refractivity contribution is 5.79. The van der Waals surface area contributed by atoms with Gasteiger partial charge in [0.15, 0.2) is 0 Å². The molecule has 7 heteroatoms. The SMILES string of the molecule is O=C(O)C1CC2CCC1N2C(=O)N1CCOCC1CO. The summed E-state index contributed by atoms with van der Waals surface area (Å²) >= 11 is 0. The number of nitrogens with zero attached hydrogens (tertiary/aromatic N) is 2. The number of aliphatic hydroxyl groups excluding tert-OH is 1. The molecule has 7 nitrogen and oxygen atoms in total. The van der Waals surface area contributed by atoms with Crippen LogP contribution < -0.4 is 0 Å². The highest BCUT2D eigenvalue weighted by Gasteiger charge is 2.52. The van der Waals surface area contributed by atoms with Crippen LogP contribution >= 0.6 is 0 Å². The summed E-state index contributed by atoms with van der Waals surface area (Å²) in [5, 5.41) is 18.6. The van der Waals surface area contributed by atoms with Crippen LogP contribution in [0.5, 0.6) is 0 Å². The second kappa shape index (κ2) is 5.21. The lowest BCUT2D eigenvalue weighted by atomic mass is 9.89. The van der Waals surface area contributed by atoms with Crippen LogP contribution in [-0.2, 0) is 9.53 Å². The molecule has 2 bridgehead atoms. The topological polar surface area (TPSA) is 90.3 Å². The smallest absolute Gasteiger partial charge is 0.321 e. The molecule has 3 saturated heterocycles. The van der Waals surface area contributed by atoms with Gasteiger partial charge in [-0.1, -0.05) is 0 Å². The lowest BCUT2D eigenvalue weighted by molar-refractivity contribution is -0.142. The van der Waals surface area contributed by atoms with Gasteiger partial charge < -0.3 is 24.7 Å². The molecule has 112 valence electrons. The van der Waals surface area contributed by atoms with E-state index in [9.17, 15) is 19.8 Å². The van der Waals surface area contributed by atoms with E-state index in [1.54, 1.807) is 9.80 Å². The minimum atomic E-state index is -0.810. The van der Waals surface area contributed by atoms with Crippen molar-refractivity contribution in [3.05, 3.63) is 0 Å². The Kier molecular flexibility index (Phi) is 3.55. The number of carbonyl (C=O) groups is 2. The first-order valence-corrected chi connectivity index (χ1v) is 7.13. The first-order chi connectivity index (χ1) is 9.63. The molecule has 4 atom stereocenters. The summed E-state index contributed by atoms with van der Waals surface area (Å²) in [6.07, 6.45) is 2.20. The van der Waals surface area contributed by atoms with Gasteiger partial charge in [0.1, 0.15) is 0 Å². The summed E-state index contributed by atoms with van der Waals surface area (Å²) < 4.78 is 5.28. The summed E-state index contributed by atoms with van der Waals surface area (Å²) in [4.78, 5) is 27.3. The Morgan fingerprint density at radius 2 is 2.10 bits per heavy atom. The monoisotopic (exact) mass is 284 g/mol. The molecule has 0 aromatic heterocycles. The second-order valence-corrected chi connectivity index (χ2v) is 5.77. The molecule has 0 aromatic carbocycles. The minimum Gasteiger partial charge on any atom is -0.481 e. The number of urea groups is 1. The molecule has 2 N–H and O–H groups in total.